The largest absolute Gasteiger partial charge is 0.507 e. The number of phenols is 2. The van der Waals surface area contributed by atoms with Crippen LogP contribution in [0.3, 0.4) is 0 Å². The Bertz CT molecular complexity index is 2080. The number of carbonyl (C=O) groups is 4. The summed E-state index contributed by atoms with van der Waals surface area (Å²) in [5, 5.41) is 51.9. The summed E-state index contributed by atoms with van der Waals surface area (Å²) in [6.07, 6.45) is 6.19. The zero-order valence-electron chi connectivity index (χ0n) is 38.0. The molecule has 16 heteroatoms. The first-order valence-electron chi connectivity index (χ1n) is 21.1. The number of fused-ring (bicyclic) bond motifs is 14. The molecule has 2 amide bonds. The molecule has 0 fully saturated rings. The maximum Gasteiger partial charge on any atom is 0.312 e. The number of benzene rings is 2. The number of aliphatic hydroxyl groups is 2. The third kappa shape index (κ3) is 10.5. The Balaban J connectivity index is 1.93. The first-order chi connectivity index (χ1) is 29.1. The molecule has 5 N–H and O–H groups in total. The van der Waals surface area contributed by atoms with E-state index in [2.05, 4.69) is 12.2 Å². The van der Waals surface area contributed by atoms with Crippen LogP contribution in [0.15, 0.2) is 42.2 Å². The molecular formula is C46H65N3O13. The molecule has 0 radical (unpaired) electrons. The van der Waals surface area contributed by atoms with Crippen LogP contribution < -0.4 is 14.8 Å². The number of carbonyl (C=O) groups excluding carboxylic acids is 4. The summed E-state index contributed by atoms with van der Waals surface area (Å²) in [6.45, 7) is 14.5. The third-order valence-corrected chi connectivity index (χ3v) is 11.9. The Kier molecular flexibility index (Phi) is 16.6. The van der Waals surface area contributed by atoms with Gasteiger partial charge in [0.15, 0.2) is 12.4 Å². The van der Waals surface area contributed by atoms with Crippen LogP contribution in [0.2, 0.25) is 0 Å². The molecule has 3 aliphatic rings. The fourth-order valence-corrected chi connectivity index (χ4v) is 8.02. The smallest absolute Gasteiger partial charge is 0.312 e. The number of methoxy groups -OCH3 is 1. The Labute approximate surface area is 364 Å². The average Bonchev–Trinajstić information content (AvgIpc) is 3.49. The van der Waals surface area contributed by atoms with E-state index in [4.69, 9.17) is 23.7 Å². The van der Waals surface area contributed by atoms with Gasteiger partial charge in [-0.05, 0) is 26.3 Å². The maximum atomic E-state index is 14.6. The highest BCUT2D eigenvalue weighted by Gasteiger charge is 2.50. The summed E-state index contributed by atoms with van der Waals surface area (Å²) in [5.74, 6) is -8.12. The summed E-state index contributed by atoms with van der Waals surface area (Å²) < 4.78 is 29.9. The van der Waals surface area contributed by atoms with Crippen LogP contribution in [0.1, 0.15) is 90.6 Å². The van der Waals surface area contributed by atoms with Crippen molar-refractivity contribution in [3.63, 3.8) is 0 Å². The number of nitrogens with zero attached hydrogens (tertiary/aromatic N) is 2. The lowest BCUT2D eigenvalue weighted by atomic mass is 9.78. The van der Waals surface area contributed by atoms with Gasteiger partial charge in [-0.15, -0.1) is 0 Å². The van der Waals surface area contributed by atoms with E-state index in [1.54, 1.807) is 59.0 Å². The number of anilines is 1. The molecule has 2 aromatic rings. The van der Waals surface area contributed by atoms with E-state index in [9.17, 15) is 39.6 Å². The van der Waals surface area contributed by atoms with Crippen molar-refractivity contribution in [1.82, 2.24) is 10.0 Å². The highest BCUT2D eigenvalue weighted by atomic mass is 16.7. The van der Waals surface area contributed by atoms with Gasteiger partial charge in [-0.25, -0.2) is 5.01 Å². The number of hydrogen-bond donors (Lipinski definition) is 5. The van der Waals surface area contributed by atoms with E-state index in [1.165, 1.54) is 64.3 Å². The minimum Gasteiger partial charge on any atom is -0.507 e. The van der Waals surface area contributed by atoms with Gasteiger partial charge in [0.05, 0.1) is 41.2 Å². The monoisotopic (exact) mass is 867 g/mol. The molecule has 5 rings (SSSR count). The van der Waals surface area contributed by atoms with Gasteiger partial charge in [0.1, 0.15) is 23.4 Å². The van der Waals surface area contributed by atoms with Crippen LogP contribution in [0.25, 0.3) is 10.8 Å². The van der Waals surface area contributed by atoms with Crippen molar-refractivity contribution >= 4 is 40.0 Å². The second-order valence-electron chi connectivity index (χ2n) is 16.8. The minimum absolute atomic E-state index is 0.0613. The molecule has 3 aliphatic heterocycles. The van der Waals surface area contributed by atoms with Gasteiger partial charge >= 0.3 is 11.8 Å². The predicted octanol–water partition coefficient (Wildman–Crippen LogP) is 5.92. The van der Waals surface area contributed by atoms with Crippen LogP contribution in [0.5, 0.6) is 23.0 Å². The number of nitrogens with one attached hydrogen (secondary N) is 1. The average molecular weight is 868 g/mol. The van der Waals surface area contributed by atoms with Crippen molar-refractivity contribution in [2.75, 3.05) is 39.7 Å². The molecule has 2 aromatic carbocycles. The molecule has 9 atom stereocenters. The minimum atomic E-state index is -2.04. The number of allylic oxidation sites excluding steroid dienone is 2. The molecule has 3 heterocycles. The first-order valence-corrected chi connectivity index (χ1v) is 21.1. The molecule has 0 saturated carbocycles. The topological polar surface area (TPSA) is 214 Å². The van der Waals surface area contributed by atoms with Crippen LogP contribution >= 0.6 is 0 Å². The van der Waals surface area contributed by atoms with Gasteiger partial charge < -0.3 is 49.4 Å². The van der Waals surface area contributed by atoms with E-state index in [1.807, 2.05) is 0 Å². The molecule has 9 unspecified atom stereocenters. The molecule has 62 heavy (non-hydrogen) atoms. The Morgan fingerprint density at radius 2 is 1.63 bits per heavy atom. The van der Waals surface area contributed by atoms with Crippen molar-refractivity contribution < 1.29 is 63.3 Å². The number of unbranched alkanes of at least 4 members (excludes halogenated alkanes) is 2. The summed E-state index contributed by atoms with van der Waals surface area (Å²) >= 11 is 0. The second-order valence-corrected chi connectivity index (χ2v) is 16.8. The molecular weight excluding hydrogens is 803 g/mol. The predicted molar refractivity (Wildman–Crippen MR) is 233 cm³/mol. The summed E-state index contributed by atoms with van der Waals surface area (Å²) in [6, 6.07) is 1.27. The number of ketones is 1. The van der Waals surface area contributed by atoms with Crippen LogP contribution in [0, 0.1) is 30.6 Å². The van der Waals surface area contributed by atoms with E-state index in [0.717, 1.165) is 19.3 Å². The summed E-state index contributed by atoms with van der Waals surface area (Å²) in [5.41, 5.74) is -0.0244. The molecule has 0 aromatic heterocycles. The maximum absolute atomic E-state index is 14.6. The van der Waals surface area contributed by atoms with Gasteiger partial charge in [0, 0.05) is 87.9 Å². The highest BCUT2D eigenvalue weighted by Crippen LogP contribution is 2.54. The normalized spacial score (nSPS) is 28.2. The number of aromatic hydroxyl groups is 2. The summed E-state index contributed by atoms with van der Waals surface area (Å²) in [7, 11) is 4.90. The van der Waals surface area contributed by atoms with Crippen LogP contribution in [0.4, 0.5) is 5.69 Å². The van der Waals surface area contributed by atoms with Gasteiger partial charge in [-0.1, -0.05) is 65.7 Å². The fraction of sp³-hybridized carbons (Fsp3) is 0.565. The molecule has 16 nitrogen and oxygen atoms in total. The van der Waals surface area contributed by atoms with Gasteiger partial charge in [-0.3, -0.25) is 24.2 Å². The zero-order valence-corrected chi connectivity index (χ0v) is 38.0. The van der Waals surface area contributed by atoms with Crippen molar-refractivity contribution in [3.8, 4) is 23.0 Å². The van der Waals surface area contributed by atoms with Gasteiger partial charge in [0.25, 0.3) is 17.6 Å². The lowest BCUT2D eigenvalue weighted by Gasteiger charge is -2.38. The third-order valence-electron chi connectivity index (χ3n) is 11.9. The number of Topliss-reactive ketones (excluding diaryl/α,β-unsaturated/α-hetero) is 1. The highest BCUT2D eigenvalue weighted by molar-refractivity contribution is 6.21. The lowest BCUT2D eigenvalue weighted by Crippen LogP contribution is -2.46. The van der Waals surface area contributed by atoms with Gasteiger partial charge in [-0.2, -0.15) is 0 Å². The Morgan fingerprint density at radius 1 is 0.952 bits per heavy atom. The van der Waals surface area contributed by atoms with Crippen LogP contribution in [-0.4, -0.2) is 119 Å². The molecule has 0 spiro atoms. The molecule has 0 saturated heterocycles. The summed E-state index contributed by atoms with van der Waals surface area (Å²) in [4.78, 5) is 54.2. The van der Waals surface area contributed by atoms with Gasteiger partial charge in [0.2, 0.25) is 0 Å². The second kappa shape index (κ2) is 20.8. The fourth-order valence-electron chi connectivity index (χ4n) is 8.02. The standard InChI is InChI=1S/C46H65N3O13/c1-13-14-15-20-49(48(10)11)34(51)23-59-33-22-31-41(55)36-35(33)37-43(29(7)40(36)54)62-46(9,44(37)56)60-21-19-32(58-12)26(4)42(61-30(8)50)28(6)39(53)27(5)38(52)24(2)17-16-18-25(3)45(57)47-31/h16-19,21-22,24,26-28,32,38-39,42,52-55H,13-15,20,23H2,1-12H3,(H,47,57)/b17-16+,21-19+,25-18?. The Morgan fingerprint density at radius 3 is 2.24 bits per heavy atom. The lowest BCUT2D eigenvalue weighted by molar-refractivity contribution is -0.160. The number of rotatable bonds is 10. The number of phenolic OH excluding ortho intramolecular Hbond substituents is 2. The SMILES string of the molecule is CCCCCN(C(=O)COc1cc2c(O)c3c(O)c(C)c4c(c13)C(=O)C(C)(O/C=C/C(OC)C(C)C(OC(C)=O)C(C)C(O)C(C)C(O)C(C)/C=C/C=C(C)C(=O)N2)O4)N(C)C. The van der Waals surface area contributed by atoms with E-state index < -0.39 is 95.5 Å². The number of hydrogen-bond acceptors (Lipinski definition) is 14. The van der Waals surface area contributed by atoms with Crippen molar-refractivity contribution in [1.29, 1.82) is 0 Å². The van der Waals surface area contributed by atoms with E-state index in [0.29, 0.717) is 6.54 Å². The van der Waals surface area contributed by atoms with Crippen molar-refractivity contribution in [2.45, 2.75) is 112 Å². The number of hydrazine groups is 1. The zero-order chi connectivity index (χ0) is 46.4. The molecule has 342 valence electrons. The number of ether oxygens (including phenoxy) is 5. The Hall–Kier alpha value is -5.16. The molecule has 5 bridgehead atoms. The van der Waals surface area contributed by atoms with Crippen LogP contribution in [-0.2, 0) is 28.6 Å². The number of amides is 2. The quantitative estimate of drug-likeness (QED) is 0.0812. The molecule has 0 aliphatic carbocycles. The number of aliphatic hydroxyl groups excluding tert-OH is 2. The number of esters is 1. The van der Waals surface area contributed by atoms with Crippen molar-refractivity contribution in [2.24, 2.45) is 23.7 Å². The first kappa shape index (κ1) is 49.5. The van der Waals surface area contributed by atoms with Crippen molar-refractivity contribution in [3.05, 3.63) is 53.3 Å². The van der Waals surface area contributed by atoms with E-state index in [-0.39, 0.29) is 44.7 Å². The van der Waals surface area contributed by atoms with E-state index >= 15 is 0 Å².